The Balaban J connectivity index is 1.81. The predicted molar refractivity (Wildman–Crippen MR) is 88.3 cm³/mol. The van der Waals surface area contributed by atoms with Crippen molar-refractivity contribution in [1.82, 2.24) is 10.2 Å². The molecule has 0 amide bonds. The highest BCUT2D eigenvalue weighted by Gasteiger charge is 2.20. The van der Waals surface area contributed by atoms with E-state index in [9.17, 15) is 0 Å². The highest BCUT2D eigenvalue weighted by molar-refractivity contribution is 7.19. The van der Waals surface area contributed by atoms with Crippen LogP contribution >= 0.6 is 11.3 Å². The van der Waals surface area contributed by atoms with Gasteiger partial charge in [-0.05, 0) is 49.9 Å². The summed E-state index contributed by atoms with van der Waals surface area (Å²) in [7, 11) is 4.31. The van der Waals surface area contributed by atoms with Gasteiger partial charge in [-0.2, -0.15) is 0 Å². The van der Waals surface area contributed by atoms with E-state index in [0.29, 0.717) is 0 Å². The fourth-order valence-electron chi connectivity index (χ4n) is 3.08. The number of nitrogens with zero attached hydrogens (tertiary/aromatic N) is 1. The normalized spacial score (nSPS) is 15.9. The van der Waals surface area contributed by atoms with Gasteiger partial charge in [0.05, 0.1) is 0 Å². The van der Waals surface area contributed by atoms with Crippen LogP contribution < -0.4 is 5.32 Å². The van der Waals surface area contributed by atoms with Crippen molar-refractivity contribution < 1.29 is 0 Å². The van der Waals surface area contributed by atoms with E-state index in [1.54, 1.807) is 0 Å². The molecule has 0 aliphatic heterocycles. The molecule has 1 saturated carbocycles. The lowest BCUT2D eigenvalue weighted by Gasteiger charge is -2.30. The van der Waals surface area contributed by atoms with Crippen molar-refractivity contribution in [3.05, 3.63) is 34.7 Å². The molecule has 20 heavy (non-hydrogen) atoms. The summed E-state index contributed by atoms with van der Waals surface area (Å²) in [6.45, 7) is 3.31. The summed E-state index contributed by atoms with van der Waals surface area (Å²) in [6.07, 6.45) is 4.29. The van der Waals surface area contributed by atoms with E-state index in [1.807, 2.05) is 18.4 Å². The third-order valence-corrected chi connectivity index (χ3v) is 5.55. The van der Waals surface area contributed by atoms with Gasteiger partial charge < -0.3 is 10.2 Å². The number of hydrogen-bond acceptors (Lipinski definition) is 3. The molecule has 0 bridgehead atoms. The first-order chi connectivity index (χ1) is 9.78. The minimum Gasteiger partial charge on any atom is -0.315 e. The molecule has 1 heterocycles. The Kier molecular flexibility index (Phi) is 4.39. The Hall–Kier alpha value is -0.900. The van der Waals surface area contributed by atoms with Crippen LogP contribution in [0, 0.1) is 5.92 Å². The van der Waals surface area contributed by atoms with Crippen LogP contribution in [0.1, 0.15) is 29.7 Å². The Morgan fingerprint density at radius 1 is 1.30 bits per heavy atom. The van der Waals surface area contributed by atoms with Gasteiger partial charge in [0.1, 0.15) is 0 Å². The second kappa shape index (κ2) is 6.25. The lowest BCUT2D eigenvalue weighted by molar-refractivity contribution is 0.200. The van der Waals surface area contributed by atoms with Gasteiger partial charge in [-0.3, -0.25) is 0 Å². The van der Waals surface area contributed by atoms with Crippen LogP contribution in [-0.4, -0.2) is 25.5 Å². The van der Waals surface area contributed by atoms with Gasteiger partial charge in [-0.1, -0.05) is 24.6 Å². The van der Waals surface area contributed by atoms with Crippen molar-refractivity contribution in [3.8, 4) is 0 Å². The SMILES string of the molecule is CNCc1sc2ccccc2c1CN(C)CC1CCC1. The van der Waals surface area contributed by atoms with Crippen LogP contribution in [0.4, 0.5) is 0 Å². The quantitative estimate of drug-likeness (QED) is 0.868. The van der Waals surface area contributed by atoms with Crippen molar-refractivity contribution in [2.75, 3.05) is 20.6 Å². The second-order valence-electron chi connectivity index (χ2n) is 6.02. The number of fused-ring (bicyclic) bond motifs is 1. The van der Waals surface area contributed by atoms with Crippen molar-refractivity contribution >= 4 is 21.4 Å². The van der Waals surface area contributed by atoms with Crippen LogP contribution in [0.5, 0.6) is 0 Å². The molecular formula is C17H24N2S. The van der Waals surface area contributed by atoms with Gasteiger partial charge >= 0.3 is 0 Å². The highest BCUT2D eigenvalue weighted by Crippen LogP contribution is 2.33. The van der Waals surface area contributed by atoms with Crippen LogP contribution in [0.3, 0.4) is 0 Å². The molecular weight excluding hydrogens is 264 g/mol. The van der Waals surface area contributed by atoms with E-state index in [1.165, 1.54) is 46.3 Å². The molecule has 0 radical (unpaired) electrons. The third-order valence-electron chi connectivity index (χ3n) is 4.34. The summed E-state index contributed by atoms with van der Waals surface area (Å²) in [6, 6.07) is 8.82. The first kappa shape index (κ1) is 14.1. The molecule has 0 spiro atoms. The maximum atomic E-state index is 3.31. The first-order valence-corrected chi connectivity index (χ1v) is 8.42. The van der Waals surface area contributed by atoms with Gasteiger partial charge in [0.15, 0.2) is 0 Å². The summed E-state index contributed by atoms with van der Waals surface area (Å²) in [4.78, 5) is 4.01. The molecule has 1 aromatic carbocycles. The van der Waals surface area contributed by atoms with Crippen LogP contribution in [0.25, 0.3) is 10.1 Å². The van der Waals surface area contributed by atoms with Gasteiger partial charge in [0.25, 0.3) is 0 Å². The summed E-state index contributed by atoms with van der Waals surface area (Å²) in [5, 5.41) is 4.76. The van der Waals surface area contributed by atoms with E-state index < -0.39 is 0 Å². The fraction of sp³-hybridized carbons (Fsp3) is 0.529. The molecule has 0 unspecified atom stereocenters. The summed E-state index contributed by atoms with van der Waals surface area (Å²) >= 11 is 1.94. The smallest absolute Gasteiger partial charge is 0.0349 e. The Bertz CT molecular complexity index is 571. The van der Waals surface area contributed by atoms with Crippen molar-refractivity contribution in [2.45, 2.75) is 32.4 Å². The maximum absolute atomic E-state index is 3.31. The summed E-state index contributed by atoms with van der Waals surface area (Å²) < 4.78 is 1.42. The molecule has 3 rings (SSSR count). The van der Waals surface area contributed by atoms with Gasteiger partial charge in [-0.15, -0.1) is 11.3 Å². The van der Waals surface area contributed by atoms with Gasteiger partial charge in [0, 0.05) is 29.2 Å². The van der Waals surface area contributed by atoms with E-state index >= 15 is 0 Å². The Labute approximate surface area is 125 Å². The molecule has 0 saturated heterocycles. The Morgan fingerprint density at radius 3 is 2.80 bits per heavy atom. The number of benzene rings is 1. The lowest BCUT2D eigenvalue weighted by Crippen LogP contribution is -2.29. The summed E-state index contributed by atoms with van der Waals surface area (Å²) in [5.74, 6) is 0.942. The maximum Gasteiger partial charge on any atom is 0.0349 e. The third kappa shape index (κ3) is 2.90. The van der Waals surface area contributed by atoms with E-state index in [0.717, 1.165) is 19.0 Å². The van der Waals surface area contributed by atoms with Crippen molar-refractivity contribution in [2.24, 2.45) is 5.92 Å². The van der Waals surface area contributed by atoms with Crippen molar-refractivity contribution in [3.63, 3.8) is 0 Å². The molecule has 108 valence electrons. The van der Waals surface area contributed by atoms with Crippen LogP contribution in [0.15, 0.2) is 24.3 Å². The number of hydrogen-bond donors (Lipinski definition) is 1. The standard InChI is InChI=1S/C17H24N2S/c1-18-10-17-15(12-19(2)11-13-6-5-7-13)14-8-3-4-9-16(14)20-17/h3-4,8-9,13,18H,5-7,10-12H2,1-2H3. The molecule has 1 aliphatic rings. The predicted octanol–water partition coefficient (Wildman–Crippen LogP) is 3.85. The zero-order valence-corrected chi connectivity index (χ0v) is 13.3. The molecule has 2 nitrogen and oxygen atoms in total. The average molecular weight is 288 g/mol. The molecule has 1 fully saturated rings. The van der Waals surface area contributed by atoms with Gasteiger partial charge in [0.2, 0.25) is 0 Å². The lowest BCUT2D eigenvalue weighted by atomic mass is 9.85. The topological polar surface area (TPSA) is 15.3 Å². The van der Waals surface area contributed by atoms with Crippen LogP contribution in [-0.2, 0) is 13.1 Å². The van der Waals surface area contributed by atoms with Crippen molar-refractivity contribution in [1.29, 1.82) is 0 Å². The van der Waals surface area contributed by atoms with Crippen LogP contribution in [0.2, 0.25) is 0 Å². The highest BCUT2D eigenvalue weighted by atomic mass is 32.1. The molecule has 1 aromatic heterocycles. The van der Waals surface area contributed by atoms with E-state index in [2.05, 4.69) is 41.5 Å². The second-order valence-corrected chi connectivity index (χ2v) is 7.16. The zero-order valence-electron chi connectivity index (χ0n) is 12.5. The minimum absolute atomic E-state index is 0.942. The summed E-state index contributed by atoms with van der Waals surface area (Å²) in [5.41, 5.74) is 1.53. The number of thiophene rings is 1. The van der Waals surface area contributed by atoms with Gasteiger partial charge in [-0.25, -0.2) is 0 Å². The Morgan fingerprint density at radius 2 is 2.10 bits per heavy atom. The number of rotatable bonds is 6. The zero-order chi connectivity index (χ0) is 13.9. The molecule has 1 N–H and O–H groups in total. The van der Waals surface area contributed by atoms with E-state index in [-0.39, 0.29) is 0 Å². The molecule has 1 aliphatic carbocycles. The largest absolute Gasteiger partial charge is 0.315 e. The van der Waals surface area contributed by atoms with E-state index in [4.69, 9.17) is 0 Å². The molecule has 3 heteroatoms. The fourth-order valence-corrected chi connectivity index (χ4v) is 4.30. The number of nitrogens with one attached hydrogen (secondary N) is 1. The molecule has 0 atom stereocenters. The molecule has 2 aromatic rings. The average Bonchev–Trinajstić information content (AvgIpc) is 2.73. The monoisotopic (exact) mass is 288 g/mol. The first-order valence-electron chi connectivity index (χ1n) is 7.60. The minimum atomic E-state index is 0.942.